The van der Waals surface area contributed by atoms with Crippen molar-refractivity contribution >= 4 is 92.9 Å². The van der Waals surface area contributed by atoms with Crippen LogP contribution in [0, 0.1) is 5.41 Å². The van der Waals surface area contributed by atoms with Crippen LogP contribution in [0.25, 0.3) is 0 Å². The van der Waals surface area contributed by atoms with Gasteiger partial charge >= 0.3 is 92.9 Å². The second-order valence-electron chi connectivity index (χ2n) is 3.71. The Morgan fingerprint density at radius 3 is 1.89 bits per heavy atom. The molecule has 0 atom stereocenters. The monoisotopic (exact) mass is 286 g/mol. The molecule has 0 spiro atoms. The van der Waals surface area contributed by atoms with Crippen LogP contribution in [0.5, 0.6) is 0 Å². The fraction of sp³-hybridized carbons (Fsp3) is 0.333. The van der Waals surface area contributed by atoms with Crippen LogP contribution in [0.1, 0.15) is 18.9 Å². The van der Waals surface area contributed by atoms with Gasteiger partial charge in [-0.3, -0.25) is 9.59 Å². The molecule has 4 nitrogen and oxygen atoms in total. The molecule has 0 amide bonds. The third-order valence-corrected chi connectivity index (χ3v) is 2.77. The number of carboxylic acids is 2. The van der Waals surface area contributed by atoms with Crippen LogP contribution in [0.3, 0.4) is 0 Å². The summed E-state index contributed by atoms with van der Waals surface area (Å²) in [6.07, 6.45) is 0.0710. The topological polar surface area (TPSA) is 74.6 Å². The summed E-state index contributed by atoms with van der Waals surface area (Å²) in [7, 11) is 0. The van der Waals surface area contributed by atoms with Crippen LogP contribution < -0.4 is 0 Å². The molecule has 18 heavy (non-hydrogen) atoms. The Morgan fingerprint density at radius 2 is 1.56 bits per heavy atom. The Balaban J connectivity index is 0. The molecule has 0 aliphatic heterocycles. The number of rotatable bonds is 5. The van der Waals surface area contributed by atoms with E-state index in [0.29, 0.717) is 5.56 Å². The van der Waals surface area contributed by atoms with E-state index in [2.05, 4.69) is 0 Å². The average molecular weight is 286 g/mol. The predicted molar refractivity (Wildman–Crippen MR) is 72.4 cm³/mol. The summed E-state index contributed by atoms with van der Waals surface area (Å²) in [6.45, 7) is 1.57. The summed E-state index contributed by atoms with van der Waals surface area (Å²) in [4.78, 5) is 22.2. The zero-order valence-corrected chi connectivity index (χ0v) is 9.01. The third-order valence-electron chi connectivity index (χ3n) is 2.77. The first-order chi connectivity index (χ1) is 7.53. The molecule has 0 radical (unpaired) electrons. The summed E-state index contributed by atoms with van der Waals surface area (Å²) in [6, 6.07) is 8.80. The Kier molecular flexibility index (Phi) is 11.3. The van der Waals surface area contributed by atoms with Gasteiger partial charge in [0.1, 0.15) is 0 Å². The minimum atomic E-state index is -1.72. The Morgan fingerprint density at radius 1 is 1.11 bits per heavy atom. The number of hydrogen-bond donors (Lipinski definition) is 2. The maximum atomic E-state index is 11.1. The van der Waals surface area contributed by atoms with Crippen LogP contribution in [-0.2, 0) is 16.0 Å². The van der Waals surface area contributed by atoms with E-state index < -0.39 is 17.4 Å². The molecular weight excluding hydrogens is 270 g/mol. The van der Waals surface area contributed by atoms with Gasteiger partial charge in [-0.25, -0.2) is 0 Å². The molecule has 2 N–H and O–H groups in total. The quantitative estimate of drug-likeness (QED) is 0.610. The van der Waals surface area contributed by atoms with E-state index in [1.807, 2.05) is 0 Å². The van der Waals surface area contributed by atoms with Gasteiger partial charge in [-0.2, -0.15) is 0 Å². The summed E-state index contributed by atoms with van der Waals surface area (Å²) >= 11 is 0. The number of carbonyl (C=O) groups is 2. The predicted octanol–water partition coefficient (Wildman–Crippen LogP) is 0.498. The van der Waals surface area contributed by atoms with E-state index in [1.165, 1.54) is 0 Å². The summed E-state index contributed by atoms with van der Waals surface area (Å²) in [5.41, 5.74) is -1.00. The SMILES string of the molecule is CCC(Cc1ccccc1)(C(=O)O)C(=O)O.[KH].[NaH]. The van der Waals surface area contributed by atoms with Crippen LogP contribution in [-0.4, -0.2) is 103 Å². The summed E-state index contributed by atoms with van der Waals surface area (Å²) in [5, 5.41) is 18.1. The number of benzene rings is 1. The van der Waals surface area contributed by atoms with Gasteiger partial charge in [0.2, 0.25) is 0 Å². The van der Waals surface area contributed by atoms with Gasteiger partial charge in [0, 0.05) is 0 Å². The van der Waals surface area contributed by atoms with Crippen molar-refractivity contribution in [2.24, 2.45) is 5.41 Å². The Bertz CT molecular complexity index is 380. The maximum absolute atomic E-state index is 11.1. The zero-order chi connectivity index (χ0) is 12.2. The van der Waals surface area contributed by atoms with Gasteiger partial charge in [0.25, 0.3) is 0 Å². The Hall–Kier alpha value is 0.796. The molecular formula is C12H16KNaO4. The second-order valence-corrected chi connectivity index (χ2v) is 3.71. The fourth-order valence-electron chi connectivity index (χ4n) is 1.61. The molecule has 1 rings (SSSR count). The van der Waals surface area contributed by atoms with Crippen molar-refractivity contribution in [2.45, 2.75) is 19.8 Å². The van der Waals surface area contributed by atoms with Crippen molar-refractivity contribution in [3.05, 3.63) is 35.9 Å². The molecule has 90 valence electrons. The summed E-state index contributed by atoms with van der Waals surface area (Å²) in [5.74, 6) is -2.57. The van der Waals surface area contributed by atoms with E-state index in [9.17, 15) is 9.59 Å². The molecule has 1 aromatic carbocycles. The van der Waals surface area contributed by atoms with Crippen molar-refractivity contribution in [3.8, 4) is 0 Å². The molecule has 0 bridgehead atoms. The fourth-order valence-corrected chi connectivity index (χ4v) is 1.61. The minimum absolute atomic E-state index is 0. The van der Waals surface area contributed by atoms with Crippen LogP contribution in [0.4, 0.5) is 0 Å². The first-order valence-corrected chi connectivity index (χ1v) is 5.03. The van der Waals surface area contributed by atoms with Gasteiger partial charge < -0.3 is 10.2 Å². The van der Waals surface area contributed by atoms with Gasteiger partial charge in [-0.15, -0.1) is 0 Å². The van der Waals surface area contributed by atoms with Crippen LogP contribution in [0.15, 0.2) is 30.3 Å². The summed E-state index contributed by atoms with van der Waals surface area (Å²) < 4.78 is 0. The second kappa shape index (κ2) is 9.66. The standard InChI is InChI=1S/C12H14O4.K.Na.2H/c1-2-12(10(13)14,11(15)16)8-9-6-4-3-5-7-9;;;;/h3-7H,2,8H2,1H3,(H,13,14)(H,15,16);;;;. The van der Waals surface area contributed by atoms with Crippen molar-refractivity contribution in [2.75, 3.05) is 0 Å². The first kappa shape index (κ1) is 21.1. The van der Waals surface area contributed by atoms with Gasteiger partial charge in [-0.05, 0) is 18.4 Å². The molecule has 0 heterocycles. The number of aliphatic carboxylic acids is 2. The normalized spacial score (nSPS) is 9.83. The number of hydrogen-bond acceptors (Lipinski definition) is 2. The van der Waals surface area contributed by atoms with E-state index in [-0.39, 0.29) is 93.8 Å². The Labute approximate surface area is 171 Å². The molecule has 6 heteroatoms. The molecule has 0 aromatic heterocycles. The molecule has 0 fully saturated rings. The average Bonchev–Trinajstić information content (AvgIpc) is 2.26. The van der Waals surface area contributed by atoms with E-state index >= 15 is 0 Å². The van der Waals surface area contributed by atoms with E-state index in [1.54, 1.807) is 37.3 Å². The molecule has 0 unspecified atom stereocenters. The van der Waals surface area contributed by atoms with E-state index in [4.69, 9.17) is 10.2 Å². The molecule has 0 aliphatic carbocycles. The van der Waals surface area contributed by atoms with E-state index in [0.717, 1.165) is 0 Å². The van der Waals surface area contributed by atoms with Gasteiger partial charge in [0.05, 0.1) is 0 Å². The van der Waals surface area contributed by atoms with Crippen molar-refractivity contribution in [1.29, 1.82) is 0 Å². The van der Waals surface area contributed by atoms with Crippen molar-refractivity contribution in [1.82, 2.24) is 0 Å². The molecule has 0 aliphatic rings. The third kappa shape index (κ3) is 5.05. The first-order valence-electron chi connectivity index (χ1n) is 5.03. The van der Waals surface area contributed by atoms with Crippen LogP contribution in [0.2, 0.25) is 0 Å². The van der Waals surface area contributed by atoms with Gasteiger partial charge in [-0.1, -0.05) is 37.3 Å². The van der Waals surface area contributed by atoms with Gasteiger partial charge in [0.15, 0.2) is 5.41 Å². The zero-order valence-electron chi connectivity index (χ0n) is 9.01. The van der Waals surface area contributed by atoms with Crippen LogP contribution >= 0.6 is 0 Å². The molecule has 1 aromatic rings. The van der Waals surface area contributed by atoms with Crippen molar-refractivity contribution in [3.63, 3.8) is 0 Å². The molecule has 0 saturated carbocycles. The van der Waals surface area contributed by atoms with Crippen molar-refractivity contribution < 1.29 is 19.8 Å². The molecule has 0 saturated heterocycles. The number of carboxylic acid groups (broad SMARTS) is 2.